The predicted octanol–water partition coefficient (Wildman–Crippen LogP) is 6.00. The number of hydrazone groups is 1. The van der Waals surface area contributed by atoms with E-state index in [4.69, 9.17) is 0 Å². The van der Waals surface area contributed by atoms with Gasteiger partial charge in [0.05, 0.1) is 17.0 Å². The summed E-state index contributed by atoms with van der Waals surface area (Å²) in [5.74, 6) is -0.123. The number of halogens is 1. The molecule has 29 heavy (non-hydrogen) atoms. The van der Waals surface area contributed by atoms with Gasteiger partial charge in [-0.2, -0.15) is 10.1 Å². The lowest BCUT2D eigenvalue weighted by Gasteiger charge is -2.31. The Morgan fingerprint density at radius 1 is 0.862 bits per heavy atom. The molecule has 2 aliphatic rings. The number of allylic oxidation sites excluding steroid dienone is 5. The minimum atomic E-state index is -0.328. The normalized spacial score (nSPS) is 18.2. The zero-order valence-corrected chi connectivity index (χ0v) is 19.6. The molecule has 1 heterocycles. The number of hydrogen-bond donors (Lipinski definition) is 0. The number of Topliss-reactive ketones (excluding diaryl/α,β-unsaturated/α-hetero) is 1. The van der Waals surface area contributed by atoms with Gasteiger partial charge in [0.2, 0.25) is 0 Å². The number of hydrogen-bond acceptors (Lipinski definition) is 3. The van der Waals surface area contributed by atoms with Crippen LogP contribution < -0.4 is 5.01 Å². The van der Waals surface area contributed by atoms with Crippen molar-refractivity contribution >= 4 is 39.0 Å². The minimum Gasteiger partial charge on any atom is -0.289 e. The van der Waals surface area contributed by atoms with Crippen LogP contribution in [0.25, 0.3) is 0 Å². The maximum absolute atomic E-state index is 13.3. The summed E-state index contributed by atoms with van der Waals surface area (Å²) >= 11 is 3.42. The van der Waals surface area contributed by atoms with Crippen LogP contribution in [-0.4, -0.2) is 17.4 Å². The van der Waals surface area contributed by atoms with Crippen LogP contribution in [0.4, 0.5) is 5.69 Å². The second kappa shape index (κ2) is 7.21. The Labute approximate surface area is 181 Å². The molecule has 0 unspecified atom stereocenters. The Bertz CT molecular complexity index is 974. The van der Waals surface area contributed by atoms with Gasteiger partial charge in [-0.15, -0.1) is 0 Å². The van der Waals surface area contributed by atoms with Crippen LogP contribution in [0.15, 0.2) is 68.3 Å². The van der Waals surface area contributed by atoms with E-state index in [-0.39, 0.29) is 22.5 Å². The zero-order chi connectivity index (χ0) is 21.7. The number of anilines is 1. The van der Waals surface area contributed by atoms with E-state index in [0.717, 1.165) is 21.2 Å². The third-order valence-electron chi connectivity index (χ3n) is 5.08. The van der Waals surface area contributed by atoms with Crippen molar-refractivity contribution < 1.29 is 9.59 Å². The van der Waals surface area contributed by atoms with Gasteiger partial charge in [-0.3, -0.25) is 9.59 Å². The molecule has 1 amide bonds. The number of amides is 1. The summed E-state index contributed by atoms with van der Waals surface area (Å²) in [7, 11) is 0. The molecule has 0 atom stereocenters. The first-order valence-corrected chi connectivity index (χ1v) is 10.5. The molecule has 1 aromatic carbocycles. The molecular formula is C24H27BrN2O2. The molecule has 0 saturated heterocycles. The number of rotatable bonds is 1. The number of nitrogens with zero attached hydrogens (tertiary/aromatic N) is 2. The van der Waals surface area contributed by atoms with Crippen molar-refractivity contribution in [3.63, 3.8) is 0 Å². The van der Waals surface area contributed by atoms with Crippen LogP contribution in [0.3, 0.4) is 0 Å². The summed E-state index contributed by atoms with van der Waals surface area (Å²) in [4.78, 5) is 26.5. The summed E-state index contributed by atoms with van der Waals surface area (Å²) in [6, 6.07) is 7.47. The lowest BCUT2D eigenvalue weighted by Crippen LogP contribution is -2.29. The molecule has 1 aliphatic carbocycles. The first-order chi connectivity index (χ1) is 13.3. The van der Waals surface area contributed by atoms with Crippen molar-refractivity contribution in [2.24, 2.45) is 15.9 Å². The summed E-state index contributed by atoms with van der Waals surface area (Å²) in [6.07, 6.45) is 3.74. The smallest absolute Gasteiger partial charge is 0.281 e. The number of ketones is 1. The Balaban J connectivity index is 2.17. The van der Waals surface area contributed by atoms with Crippen molar-refractivity contribution in [1.82, 2.24) is 0 Å². The van der Waals surface area contributed by atoms with E-state index in [1.54, 1.807) is 0 Å². The average Bonchev–Trinajstić information content (AvgIpc) is 2.88. The Morgan fingerprint density at radius 2 is 1.34 bits per heavy atom. The van der Waals surface area contributed by atoms with Crippen LogP contribution >= 0.6 is 15.9 Å². The van der Waals surface area contributed by atoms with Crippen molar-refractivity contribution in [1.29, 1.82) is 0 Å². The van der Waals surface area contributed by atoms with Gasteiger partial charge in [-0.1, -0.05) is 57.5 Å². The highest BCUT2D eigenvalue weighted by Crippen LogP contribution is 2.40. The van der Waals surface area contributed by atoms with Crippen LogP contribution in [-0.2, 0) is 9.59 Å². The fourth-order valence-corrected chi connectivity index (χ4v) is 3.75. The van der Waals surface area contributed by atoms with Crippen LogP contribution in [0, 0.1) is 10.8 Å². The molecule has 1 aromatic rings. The van der Waals surface area contributed by atoms with Crippen LogP contribution in [0.1, 0.15) is 48.5 Å². The Hall–Kier alpha value is -2.27. The highest BCUT2D eigenvalue weighted by Gasteiger charge is 2.37. The predicted molar refractivity (Wildman–Crippen MR) is 122 cm³/mol. The van der Waals surface area contributed by atoms with Gasteiger partial charge < -0.3 is 0 Å². The van der Waals surface area contributed by atoms with Crippen molar-refractivity contribution in [2.45, 2.75) is 48.5 Å². The third-order valence-corrected chi connectivity index (χ3v) is 5.61. The van der Waals surface area contributed by atoms with Gasteiger partial charge in [0.1, 0.15) is 0 Å². The topological polar surface area (TPSA) is 49.7 Å². The molecule has 3 rings (SSSR count). The monoisotopic (exact) mass is 454 g/mol. The van der Waals surface area contributed by atoms with Crippen molar-refractivity contribution in [3.8, 4) is 0 Å². The van der Waals surface area contributed by atoms with E-state index in [1.165, 1.54) is 5.01 Å². The van der Waals surface area contributed by atoms with E-state index in [0.29, 0.717) is 17.0 Å². The second-order valence-corrected chi connectivity index (χ2v) is 10.5. The molecule has 152 valence electrons. The van der Waals surface area contributed by atoms with Gasteiger partial charge >= 0.3 is 0 Å². The first-order valence-electron chi connectivity index (χ1n) is 9.69. The van der Waals surface area contributed by atoms with Crippen LogP contribution in [0.5, 0.6) is 0 Å². The van der Waals surface area contributed by atoms with Gasteiger partial charge in [0.25, 0.3) is 5.91 Å². The number of carbonyl (C=O) groups excluding carboxylic acids is 2. The molecule has 5 heteroatoms. The quantitative estimate of drug-likeness (QED) is 0.488. The van der Waals surface area contributed by atoms with Crippen molar-refractivity contribution in [3.05, 3.63) is 63.2 Å². The molecule has 0 bridgehead atoms. The molecule has 0 saturated carbocycles. The van der Waals surface area contributed by atoms with E-state index in [2.05, 4.69) is 21.0 Å². The molecular weight excluding hydrogens is 428 g/mol. The fraction of sp³-hybridized carbons (Fsp3) is 0.375. The molecule has 0 fully saturated rings. The zero-order valence-electron chi connectivity index (χ0n) is 18.1. The van der Waals surface area contributed by atoms with Crippen LogP contribution in [0.2, 0.25) is 0 Å². The third kappa shape index (κ3) is 4.06. The second-order valence-electron chi connectivity index (χ2n) is 9.55. The summed E-state index contributed by atoms with van der Waals surface area (Å²) in [5.41, 5.74) is 3.44. The van der Waals surface area contributed by atoms with E-state index in [9.17, 15) is 9.59 Å². The van der Waals surface area contributed by atoms with E-state index < -0.39 is 0 Å². The van der Waals surface area contributed by atoms with Gasteiger partial charge in [-0.05, 0) is 59.7 Å². The molecule has 1 aliphatic heterocycles. The SMILES string of the molecule is CC1=NN(c2ccc(Br)cc2)C(=O)C1=C1C=C(C(C)(C)C)C(=O)C(C(C)(C)C)=C1. The van der Waals surface area contributed by atoms with Gasteiger partial charge in [0.15, 0.2) is 5.78 Å². The van der Waals surface area contributed by atoms with Gasteiger partial charge in [0, 0.05) is 15.6 Å². The standard InChI is InChI=1S/C24H27BrN2O2/c1-14-20(22(29)27(26-14)17-10-8-16(25)9-11-17)15-12-18(23(2,3)4)21(28)19(13-15)24(5,6)7/h8-13H,1-7H3. The molecule has 0 aromatic heterocycles. The lowest BCUT2D eigenvalue weighted by molar-refractivity contribution is -0.115. The molecule has 0 N–H and O–H groups in total. The highest BCUT2D eigenvalue weighted by molar-refractivity contribution is 9.10. The molecule has 0 radical (unpaired) electrons. The maximum atomic E-state index is 13.3. The minimum absolute atomic E-state index is 0.0548. The average molecular weight is 455 g/mol. The lowest BCUT2D eigenvalue weighted by atomic mass is 9.71. The van der Waals surface area contributed by atoms with Gasteiger partial charge in [-0.25, -0.2) is 0 Å². The van der Waals surface area contributed by atoms with Crippen molar-refractivity contribution in [2.75, 3.05) is 5.01 Å². The Morgan fingerprint density at radius 3 is 1.79 bits per heavy atom. The Kier molecular flexibility index (Phi) is 5.33. The summed E-state index contributed by atoms with van der Waals surface area (Å²) in [5, 5.41) is 5.93. The van der Waals surface area contributed by atoms with E-state index >= 15 is 0 Å². The number of carbonyl (C=O) groups is 2. The molecule has 4 nitrogen and oxygen atoms in total. The maximum Gasteiger partial charge on any atom is 0.281 e. The first kappa shape index (κ1) is 21.4. The van der Waals surface area contributed by atoms with E-state index in [1.807, 2.05) is 84.9 Å². The summed E-state index contributed by atoms with van der Waals surface area (Å²) < 4.78 is 0.938. The fourth-order valence-electron chi connectivity index (χ4n) is 3.48. The summed E-state index contributed by atoms with van der Waals surface area (Å²) in [6.45, 7) is 14.0. The highest BCUT2D eigenvalue weighted by atomic mass is 79.9. The number of benzene rings is 1. The largest absolute Gasteiger partial charge is 0.289 e. The molecule has 0 spiro atoms.